The molecule has 0 heterocycles. The van der Waals surface area contributed by atoms with Crippen molar-refractivity contribution in [2.24, 2.45) is 0 Å². The molecule has 5 nitrogen and oxygen atoms in total. The molecule has 1 N–H and O–H groups in total. The highest BCUT2D eigenvalue weighted by molar-refractivity contribution is 6.31. The summed E-state index contributed by atoms with van der Waals surface area (Å²) in [7, 11) is 1.49. The lowest BCUT2D eigenvalue weighted by atomic mass is 10.1. The lowest BCUT2D eigenvalue weighted by molar-refractivity contribution is -0.131. The van der Waals surface area contributed by atoms with Gasteiger partial charge in [0.1, 0.15) is 6.61 Å². The zero-order valence-electron chi connectivity index (χ0n) is 11.4. The number of rotatable bonds is 8. The number of hydrogen-bond donors (Lipinski definition) is 1. The zero-order valence-corrected chi connectivity index (χ0v) is 12.1. The molecule has 20 heavy (non-hydrogen) atoms. The van der Waals surface area contributed by atoms with Crippen LogP contribution in [0.5, 0.6) is 11.5 Å². The number of carboxylic acids is 1. The van der Waals surface area contributed by atoms with Gasteiger partial charge in [0.05, 0.1) is 13.7 Å². The maximum absolute atomic E-state index is 10.6. The van der Waals surface area contributed by atoms with E-state index in [-0.39, 0.29) is 0 Å². The van der Waals surface area contributed by atoms with E-state index in [0.29, 0.717) is 41.9 Å². The molecule has 0 atom stereocenters. The van der Waals surface area contributed by atoms with Crippen molar-refractivity contribution < 1.29 is 24.1 Å². The van der Waals surface area contributed by atoms with Gasteiger partial charge >= 0.3 is 5.97 Å². The van der Waals surface area contributed by atoms with Crippen molar-refractivity contribution in [3.63, 3.8) is 0 Å². The molecule has 0 fully saturated rings. The monoisotopic (exact) mass is 300 g/mol. The number of hydrogen-bond acceptors (Lipinski definition) is 4. The molecule has 0 saturated heterocycles. The summed E-state index contributed by atoms with van der Waals surface area (Å²) in [6.45, 7) is 3.26. The van der Waals surface area contributed by atoms with Crippen LogP contribution in [-0.4, -0.2) is 38.0 Å². The number of carbonyl (C=O) groups is 1. The van der Waals surface area contributed by atoms with Crippen LogP contribution < -0.4 is 9.47 Å². The third-order valence-corrected chi connectivity index (χ3v) is 2.57. The highest BCUT2D eigenvalue weighted by atomic mass is 35.5. The summed E-state index contributed by atoms with van der Waals surface area (Å²) >= 11 is 5.96. The molecular weight excluding hydrogens is 284 g/mol. The summed E-state index contributed by atoms with van der Waals surface area (Å²) in [5, 5.41) is 9.13. The molecule has 1 aromatic carbocycles. The van der Waals surface area contributed by atoms with Crippen molar-refractivity contribution >= 4 is 23.6 Å². The predicted molar refractivity (Wildman–Crippen MR) is 76.7 cm³/mol. The second-order valence-electron chi connectivity index (χ2n) is 3.74. The highest BCUT2D eigenvalue weighted by Crippen LogP contribution is 2.35. The summed E-state index contributed by atoms with van der Waals surface area (Å²) in [6, 6.07) is 3.22. The maximum atomic E-state index is 10.6. The number of ether oxygens (including phenoxy) is 3. The van der Waals surface area contributed by atoms with Gasteiger partial charge in [0.25, 0.3) is 0 Å². The van der Waals surface area contributed by atoms with Crippen LogP contribution in [0.3, 0.4) is 0 Å². The van der Waals surface area contributed by atoms with Gasteiger partial charge in [-0.15, -0.1) is 0 Å². The summed E-state index contributed by atoms with van der Waals surface area (Å²) in [4.78, 5) is 10.6. The molecule has 0 aliphatic heterocycles. The quantitative estimate of drug-likeness (QED) is 0.591. The van der Waals surface area contributed by atoms with Crippen LogP contribution in [-0.2, 0) is 9.53 Å². The molecule has 1 aromatic rings. The van der Waals surface area contributed by atoms with Crippen LogP contribution in [0.25, 0.3) is 6.08 Å². The van der Waals surface area contributed by atoms with Gasteiger partial charge in [-0.05, 0) is 19.1 Å². The number of halogens is 1. The SMILES string of the molecule is CCOCCOc1c(/C=C/C(=O)O)cc(Cl)cc1OC. The first-order valence-corrected chi connectivity index (χ1v) is 6.45. The molecule has 110 valence electrons. The molecule has 0 unspecified atom stereocenters. The molecule has 1 rings (SSSR count). The van der Waals surface area contributed by atoms with E-state index in [4.69, 9.17) is 30.9 Å². The van der Waals surface area contributed by atoms with E-state index in [0.717, 1.165) is 6.08 Å². The Hall–Kier alpha value is -1.72. The van der Waals surface area contributed by atoms with E-state index >= 15 is 0 Å². The molecular formula is C14H17ClO5. The summed E-state index contributed by atoms with van der Waals surface area (Å²) in [6.07, 6.45) is 2.42. The molecule has 6 heteroatoms. The molecule has 0 bridgehead atoms. The lowest BCUT2D eigenvalue weighted by Crippen LogP contribution is -2.08. The van der Waals surface area contributed by atoms with Crippen molar-refractivity contribution in [3.05, 3.63) is 28.8 Å². The van der Waals surface area contributed by atoms with Gasteiger partial charge in [0.15, 0.2) is 11.5 Å². The van der Waals surface area contributed by atoms with E-state index in [2.05, 4.69) is 0 Å². The van der Waals surface area contributed by atoms with Gasteiger partial charge in [-0.3, -0.25) is 0 Å². The van der Waals surface area contributed by atoms with Crippen molar-refractivity contribution in [2.75, 3.05) is 26.9 Å². The van der Waals surface area contributed by atoms with Gasteiger partial charge in [0, 0.05) is 29.3 Å². The summed E-state index contributed by atoms with van der Waals surface area (Å²) < 4.78 is 16.0. The first kappa shape index (κ1) is 16.3. The molecule has 0 saturated carbocycles. The van der Waals surface area contributed by atoms with Gasteiger partial charge in [-0.2, -0.15) is 0 Å². The summed E-state index contributed by atoms with van der Waals surface area (Å²) in [5.74, 6) is -0.169. The largest absolute Gasteiger partial charge is 0.493 e. The number of benzene rings is 1. The molecule has 0 spiro atoms. The van der Waals surface area contributed by atoms with Crippen molar-refractivity contribution in [1.82, 2.24) is 0 Å². The first-order valence-electron chi connectivity index (χ1n) is 6.07. The minimum Gasteiger partial charge on any atom is -0.493 e. The van der Waals surface area contributed by atoms with Crippen LogP contribution in [0.1, 0.15) is 12.5 Å². The fourth-order valence-corrected chi connectivity index (χ4v) is 1.74. The lowest BCUT2D eigenvalue weighted by Gasteiger charge is -2.14. The Kier molecular flexibility index (Phi) is 6.90. The Morgan fingerprint density at radius 3 is 2.75 bits per heavy atom. The van der Waals surface area contributed by atoms with E-state index in [1.54, 1.807) is 12.1 Å². The van der Waals surface area contributed by atoms with Gasteiger partial charge in [-0.1, -0.05) is 11.6 Å². The Labute approximate surface area is 122 Å². The predicted octanol–water partition coefficient (Wildman–Crippen LogP) is 2.86. The molecule has 0 radical (unpaired) electrons. The zero-order chi connectivity index (χ0) is 15.0. The fraction of sp³-hybridized carbons (Fsp3) is 0.357. The van der Waals surface area contributed by atoms with Crippen LogP contribution >= 0.6 is 11.6 Å². The normalized spacial score (nSPS) is 10.8. The number of carboxylic acid groups (broad SMARTS) is 1. The van der Waals surface area contributed by atoms with Gasteiger partial charge in [-0.25, -0.2) is 4.79 Å². The maximum Gasteiger partial charge on any atom is 0.328 e. The van der Waals surface area contributed by atoms with E-state index in [1.807, 2.05) is 6.92 Å². The van der Waals surface area contributed by atoms with Crippen LogP contribution in [0.4, 0.5) is 0 Å². The van der Waals surface area contributed by atoms with Crippen molar-refractivity contribution in [3.8, 4) is 11.5 Å². The minimum absolute atomic E-state index is 0.333. The number of aliphatic carboxylic acids is 1. The smallest absolute Gasteiger partial charge is 0.328 e. The second kappa shape index (κ2) is 8.45. The standard InChI is InChI=1S/C14H17ClO5/c1-3-19-6-7-20-14-10(4-5-13(16)17)8-11(15)9-12(14)18-2/h4-5,8-9H,3,6-7H2,1-2H3,(H,16,17)/b5-4+. The van der Waals surface area contributed by atoms with Crippen LogP contribution in [0, 0.1) is 0 Å². The van der Waals surface area contributed by atoms with Crippen molar-refractivity contribution in [1.29, 1.82) is 0 Å². The molecule has 0 aliphatic carbocycles. The third kappa shape index (κ3) is 5.11. The van der Waals surface area contributed by atoms with Crippen LogP contribution in [0.2, 0.25) is 5.02 Å². The molecule has 0 amide bonds. The Bertz CT molecular complexity index is 485. The first-order chi connectivity index (χ1) is 9.58. The molecule has 0 aromatic heterocycles. The topological polar surface area (TPSA) is 65.0 Å². The van der Waals surface area contributed by atoms with E-state index < -0.39 is 5.97 Å². The Morgan fingerprint density at radius 1 is 1.40 bits per heavy atom. The minimum atomic E-state index is -1.05. The average molecular weight is 301 g/mol. The van der Waals surface area contributed by atoms with Gasteiger partial charge < -0.3 is 19.3 Å². The summed E-state index contributed by atoms with van der Waals surface area (Å²) in [5.41, 5.74) is 0.535. The molecule has 0 aliphatic rings. The van der Waals surface area contributed by atoms with Crippen molar-refractivity contribution in [2.45, 2.75) is 6.92 Å². The van der Waals surface area contributed by atoms with E-state index in [9.17, 15) is 4.79 Å². The fourth-order valence-electron chi connectivity index (χ4n) is 1.53. The third-order valence-electron chi connectivity index (χ3n) is 2.35. The average Bonchev–Trinajstić information content (AvgIpc) is 2.42. The van der Waals surface area contributed by atoms with Gasteiger partial charge in [0.2, 0.25) is 0 Å². The Morgan fingerprint density at radius 2 is 2.15 bits per heavy atom. The van der Waals surface area contributed by atoms with Crippen LogP contribution in [0.15, 0.2) is 18.2 Å². The van der Waals surface area contributed by atoms with E-state index in [1.165, 1.54) is 13.2 Å². The highest BCUT2D eigenvalue weighted by Gasteiger charge is 2.11. The second-order valence-corrected chi connectivity index (χ2v) is 4.18. The Balaban J connectivity index is 2.99. The number of methoxy groups -OCH3 is 1.